The predicted molar refractivity (Wildman–Crippen MR) is 138 cm³/mol. The summed E-state index contributed by atoms with van der Waals surface area (Å²) in [6, 6.07) is 13.1. The Bertz CT molecular complexity index is 1120. The molecule has 2 aromatic carbocycles. The fraction of sp³-hybridized carbons (Fsp3) is 0.417. The van der Waals surface area contributed by atoms with Crippen molar-refractivity contribution in [2.75, 3.05) is 17.1 Å². The van der Waals surface area contributed by atoms with Gasteiger partial charge in [0.05, 0.1) is 11.9 Å². The lowest BCUT2D eigenvalue weighted by Crippen LogP contribution is -2.52. The van der Waals surface area contributed by atoms with E-state index in [1.807, 2.05) is 0 Å². The van der Waals surface area contributed by atoms with Gasteiger partial charge in [0.15, 0.2) is 0 Å². The topological polar surface area (TPSA) is 86.8 Å². The highest BCUT2D eigenvalue weighted by Gasteiger charge is 2.31. The molecule has 0 spiro atoms. The molecule has 1 N–H and O–H groups in total. The number of carbonyl (C=O) groups is 2. The van der Waals surface area contributed by atoms with Crippen LogP contribution in [-0.4, -0.2) is 50.0 Å². The Hall–Kier alpha value is -2.10. The largest absolute Gasteiger partial charge is 0.352 e. The number of nitrogens with one attached hydrogen (secondary N) is 1. The Balaban J connectivity index is 1.87. The summed E-state index contributed by atoms with van der Waals surface area (Å²) in [6.45, 7) is 1.39. The molecular formula is C24H29BrClN3O4S. The molecule has 0 unspecified atom stereocenters. The summed E-state index contributed by atoms with van der Waals surface area (Å²) in [5.41, 5.74) is 1.14. The van der Waals surface area contributed by atoms with E-state index >= 15 is 0 Å². The molecule has 184 valence electrons. The number of nitrogens with zero attached hydrogens (tertiary/aromatic N) is 2. The van der Waals surface area contributed by atoms with E-state index in [4.69, 9.17) is 11.6 Å². The third-order valence-corrected chi connectivity index (χ3v) is 7.80. The van der Waals surface area contributed by atoms with Gasteiger partial charge in [-0.15, -0.1) is 0 Å². The van der Waals surface area contributed by atoms with E-state index in [1.54, 1.807) is 55.5 Å². The molecule has 10 heteroatoms. The number of anilines is 1. The summed E-state index contributed by atoms with van der Waals surface area (Å²) in [4.78, 5) is 28.0. The molecule has 7 nitrogen and oxygen atoms in total. The highest BCUT2D eigenvalue weighted by molar-refractivity contribution is 9.10. The van der Waals surface area contributed by atoms with Crippen molar-refractivity contribution in [2.24, 2.45) is 0 Å². The van der Waals surface area contributed by atoms with Crippen molar-refractivity contribution in [3.05, 3.63) is 63.6 Å². The van der Waals surface area contributed by atoms with Crippen LogP contribution < -0.4 is 9.62 Å². The van der Waals surface area contributed by atoms with Crippen LogP contribution in [0, 0.1) is 0 Å². The minimum Gasteiger partial charge on any atom is -0.352 e. The number of benzene rings is 2. The number of hydrogen-bond acceptors (Lipinski definition) is 4. The molecule has 1 atom stereocenters. The quantitative estimate of drug-likeness (QED) is 0.486. The zero-order valence-corrected chi connectivity index (χ0v) is 22.4. The molecule has 34 heavy (non-hydrogen) atoms. The maximum Gasteiger partial charge on any atom is 0.244 e. The second-order valence-corrected chi connectivity index (χ2v) is 11.8. The van der Waals surface area contributed by atoms with Crippen molar-refractivity contribution in [1.29, 1.82) is 0 Å². The molecule has 0 saturated heterocycles. The number of hydrogen-bond donors (Lipinski definition) is 1. The Labute approximate surface area is 214 Å². The molecule has 3 rings (SSSR count). The summed E-state index contributed by atoms with van der Waals surface area (Å²) >= 11 is 9.34. The molecule has 1 aliphatic rings. The van der Waals surface area contributed by atoms with Gasteiger partial charge in [0, 0.05) is 22.1 Å². The number of sulfonamides is 1. The highest BCUT2D eigenvalue weighted by atomic mass is 79.9. The number of rotatable bonds is 9. The fourth-order valence-electron chi connectivity index (χ4n) is 4.01. The van der Waals surface area contributed by atoms with E-state index in [1.165, 1.54) is 4.90 Å². The minimum absolute atomic E-state index is 0.108. The lowest BCUT2D eigenvalue weighted by Gasteiger charge is -2.32. The maximum absolute atomic E-state index is 13.5. The second-order valence-electron chi connectivity index (χ2n) is 8.56. The Morgan fingerprint density at radius 1 is 1.15 bits per heavy atom. The maximum atomic E-state index is 13.5. The molecule has 0 bridgehead atoms. The Kier molecular flexibility index (Phi) is 9.01. The first-order valence-electron chi connectivity index (χ1n) is 11.1. The molecule has 0 aromatic heterocycles. The summed E-state index contributed by atoms with van der Waals surface area (Å²) in [5, 5.41) is 3.60. The average Bonchev–Trinajstić information content (AvgIpc) is 3.28. The van der Waals surface area contributed by atoms with Crippen molar-refractivity contribution in [3.8, 4) is 0 Å². The van der Waals surface area contributed by atoms with Crippen LogP contribution in [0.5, 0.6) is 0 Å². The van der Waals surface area contributed by atoms with Crippen LogP contribution >= 0.6 is 27.5 Å². The van der Waals surface area contributed by atoms with Gasteiger partial charge in [0.1, 0.15) is 12.6 Å². The normalized spacial score (nSPS) is 15.1. The van der Waals surface area contributed by atoms with Crippen molar-refractivity contribution in [1.82, 2.24) is 10.2 Å². The van der Waals surface area contributed by atoms with Gasteiger partial charge in [-0.25, -0.2) is 8.42 Å². The van der Waals surface area contributed by atoms with Gasteiger partial charge in [0.25, 0.3) is 0 Å². The first-order valence-corrected chi connectivity index (χ1v) is 14.1. The molecule has 1 aliphatic carbocycles. The zero-order chi connectivity index (χ0) is 24.9. The second kappa shape index (κ2) is 11.6. The van der Waals surface area contributed by atoms with E-state index in [2.05, 4.69) is 21.2 Å². The van der Waals surface area contributed by atoms with Gasteiger partial charge in [-0.3, -0.25) is 13.9 Å². The molecule has 2 aromatic rings. The third kappa shape index (κ3) is 7.20. The number of amides is 2. The Morgan fingerprint density at radius 2 is 1.79 bits per heavy atom. The molecule has 2 amide bonds. The predicted octanol–water partition coefficient (Wildman–Crippen LogP) is 4.34. The van der Waals surface area contributed by atoms with E-state index in [0.717, 1.165) is 41.8 Å². The average molecular weight is 571 g/mol. The monoisotopic (exact) mass is 569 g/mol. The number of halogens is 2. The first kappa shape index (κ1) is 26.5. The summed E-state index contributed by atoms with van der Waals surface area (Å²) in [7, 11) is -3.76. The number of carbonyl (C=O) groups excluding carboxylic acids is 2. The fourth-order valence-corrected chi connectivity index (χ4v) is 5.36. The molecule has 0 radical (unpaired) electrons. The molecular weight excluding hydrogens is 542 g/mol. The first-order chi connectivity index (χ1) is 16.0. The minimum atomic E-state index is -3.76. The van der Waals surface area contributed by atoms with E-state index in [9.17, 15) is 18.0 Å². The summed E-state index contributed by atoms with van der Waals surface area (Å²) in [6.07, 6.45) is 5.05. The van der Waals surface area contributed by atoms with Crippen LogP contribution in [0.4, 0.5) is 5.69 Å². The lowest BCUT2D eigenvalue weighted by molar-refractivity contribution is -0.139. The smallest absolute Gasteiger partial charge is 0.244 e. The van der Waals surface area contributed by atoms with Gasteiger partial charge in [-0.05, 0) is 55.7 Å². The molecule has 0 heterocycles. The third-order valence-electron chi connectivity index (χ3n) is 5.91. The summed E-state index contributed by atoms with van der Waals surface area (Å²) in [5.74, 6) is -0.725. The van der Waals surface area contributed by atoms with Crippen LogP contribution in [0.25, 0.3) is 0 Å². The van der Waals surface area contributed by atoms with Crippen LogP contribution in [0.2, 0.25) is 5.02 Å². The summed E-state index contributed by atoms with van der Waals surface area (Å²) < 4.78 is 26.9. The highest BCUT2D eigenvalue weighted by Crippen LogP contribution is 2.23. The molecule has 0 aliphatic heterocycles. The van der Waals surface area contributed by atoms with Crippen LogP contribution in [-0.2, 0) is 26.2 Å². The van der Waals surface area contributed by atoms with E-state index < -0.39 is 28.5 Å². The van der Waals surface area contributed by atoms with E-state index in [0.29, 0.717) is 15.2 Å². The SMILES string of the molecule is C[C@H](C(=O)NC1CCCC1)N(Cc1ccc(Cl)cc1)C(=O)CN(c1cccc(Br)c1)S(C)(=O)=O. The van der Waals surface area contributed by atoms with Crippen LogP contribution in [0.1, 0.15) is 38.2 Å². The van der Waals surface area contributed by atoms with Gasteiger partial charge in [0.2, 0.25) is 21.8 Å². The van der Waals surface area contributed by atoms with Crippen molar-refractivity contribution in [2.45, 2.75) is 51.2 Å². The van der Waals surface area contributed by atoms with Gasteiger partial charge < -0.3 is 10.2 Å². The van der Waals surface area contributed by atoms with Crippen LogP contribution in [0.15, 0.2) is 53.0 Å². The van der Waals surface area contributed by atoms with Gasteiger partial charge in [-0.2, -0.15) is 0 Å². The zero-order valence-electron chi connectivity index (χ0n) is 19.2. The molecule has 1 saturated carbocycles. The van der Waals surface area contributed by atoms with Crippen molar-refractivity contribution in [3.63, 3.8) is 0 Å². The van der Waals surface area contributed by atoms with E-state index in [-0.39, 0.29) is 18.5 Å². The van der Waals surface area contributed by atoms with Crippen LogP contribution in [0.3, 0.4) is 0 Å². The standard InChI is InChI=1S/C24H29BrClN3O4S/c1-17(24(31)27-21-7-3-4-8-21)28(15-18-10-12-20(26)13-11-18)23(30)16-29(34(2,32)33)22-9-5-6-19(25)14-22/h5-6,9-14,17,21H,3-4,7-8,15-16H2,1-2H3,(H,27,31)/t17-/m1/s1. The lowest BCUT2D eigenvalue weighted by atomic mass is 10.1. The van der Waals surface area contributed by atoms with Crippen molar-refractivity contribution >= 4 is 55.1 Å². The van der Waals surface area contributed by atoms with Crippen molar-refractivity contribution < 1.29 is 18.0 Å². The molecule has 1 fully saturated rings. The van der Waals surface area contributed by atoms with Gasteiger partial charge in [-0.1, -0.05) is 58.6 Å². The van der Waals surface area contributed by atoms with Gasteiger partial charge >= 0.3 is 0 Å². The Morgan fingerprint density at radius 3 is 2.38 bits per heavy atom.